The van der Waals surface area contributed by atoms with Gasteiger partial charge >= 0.3 is 0 Å². The van der Waals surface area contributed by atoms with Gasteiger partial charge in [-0.05, 0) is 35.4 Å². The average molecular weight is 482 g/mol. The number of fused-ring (bicyclic) bond motifs is 1. The average Bonchev–Trinajstić information content (AvgIpc) is 2.81. The lowest BCUT2D eigenvalue weighted by molar-refractivity contribution is -0.116. The number of aromatic amines is 1. The number of hydrogen-bond acceptors (Lipinski definition) is 6. The number of hydrogen-bond donors (Lipinski definition) is 2. The standard InChI is InChI=1S/C24H20ClN3O4S/c1-3-10-32-18-9-6-15(11-19(18)31-2)17-12-20(29)26-22-21(17)23(30)28-24(27-22)33-13-14-4-7-16(25)8-5-14/h1,4-9,11,17H,10,12-13H2,2H3,(H2,26,27,28,29,30)/t17-/m0/s1. The number of carbonyl (C=O) groups excluding carboxylic acids is 1. The molecular formula is C24H20ClN3O4S. The summed E-state index contributed by atoms with van der Waals surface area (Å²) in [5.41, 5.74) is 1.89. The van der Waals surface area contributed by atoms with Gasteiger partial charge in [-0.3, -0.25) is 9.59 Å². The van der Waals surface area contributed by atoms with Gasteiger partial charge in [0, 0.05) is 23.1 Å². The maximum atomic E-state index is 13.0. The Morgan fingerprint density at radius 1 is 1.21 bits per heavy atom. The minimum absolute atomic E-state index is 0.102. The van der Waals surface area contributed by atoms with Crippen molar-refractivity contribution in [2.45, 2.75) is 23.2 Å². The second-order valence-electron chi connectivity index (χ2n) is 7.26. The van der Waals surface area contributed by atoms with Crippen LogP contribution in [0, 0.1) is 12.3 Å². The fraction of sp³-hybridized carbons (Fsp3) is 0.208. The van der Waals surface area contributed by atoms with Gasteiger partial charge in [0.1, 0.15) is 12.4 Å². The summed E-state index contributed by atoms with van der Waals surface area (Å²) < 4.78 is 10.9. The summed E-state index contributed by atoms with van der Waals surface area (Å²) >= 11 is 7.29. The number of ether oxygens (including phenoxy) is 2. The van der Waals surface area contributed by atoms with Crippen LogP contribution >= 0.6 is 23.4 Å². The largest absolute Gasteiger partial charge is 0.493 e. The number of methoxy groups -OCH3 is 1. The minimum Gasteiger partial charge on any atom is -0.493 e. The SMILES string of the molecule is C#CCOc1ccc([C@@H]2CC(=O)Nc3nc(SCc4ccc(Cl)cc4)[nH]c(=O)c32)cc1OC. The van der Waals surface area contributed by atoms with Crippen molar-refractivity contribution in [2.75, 3.05) is 19.0 Å². The molecule has 1 aliphatic rings. The Morgan fingerprint density at radius 2 is 2.00 bits per heavy atom. The number of aromatic nitrogens is 2. The summed E-state index contributed by atoms with van der Waals surface area (Å²) in [6.07, 6.45) is 5.37. The number of terminal acetylenes is 1. The van der Waals surface area contributed by atoms with E-state index >= 15 is 0 Å². The smallest absolute Gasteiger partial charge is 0.257 e. The number of halogens is 1. The number of anilines is 1. The zero-order valence-corrected chi connectivity index (χ0v) is 19.3. The second kappa shape index (κ2) is 10.0. The molecule has 1 atom stereocenters. The molecule has 3 aromatic rings. The van der Waals surface area contributed by atoms with E-state index in [0.29, 0.717) is 33.0 Å². The van der Waals surface area contributed by atoms with Crippen molar-refractivity contribution < 1.29 is 14.3 Å². The van der Waals surface area contributed by atoms with Crippen molar-refractivity contribution in [2.24, 2.45) is 0 Å². The Morgan fingerprint density at radius 3 is 2.73 bits per heavy atom. The van der Waals surface area contributed by atoms with E-state index in [-0.39, 0.29) is 30.3 Å². The third-order valence-corrected chi connectivity index (χ3v) is 6.32. The predicted octanol–water partition coefficient (Wildman–Crippen LogP) is 4.21. The highest BCUT2D eigenvalue weighted by Crippen LogP contribution is 2.38. The molecule has 1 aliphatic heterocycles. The molecule has 7 nitrogen and oxygen atoms in total. The molecule has 0 saturated carbocycles. The van der Waals surface area contributed by atoms with Crippen LogP contribution in [0.25, 0.3) is 0 Å². The number of thioether (sulfide) groups is 1. The summed E-state index contributed by atoms with van der Waals surface area (Å²) in [5, 5.41) is 3.81. The summed E-state index contributed by atoms with van der Waals surface area (Å²) in [5.74, 6) is 3.53. The first kappa shape index (κ1) is 22.8. The lowest BCUT2D eigenvalue weighted by Crippen LogP contribution is -2.31. The van der Waals surface area contributed by atoms with Crippen LogP contribution < -0.4 is 20.3 Å². The molecule has 0 spiro atoms. The molecule has 0 bridgehead atoms. The molecule has 168 valence electrons. The number of benzene rings is 2. The topological polar surface area (TPSA) is 93.3 Å². The molecule has 2 heterocycles. The van der Waals surface area contributed by atoms with Crippen molar-refractivity contribution in [3.8, 4) is 23.8 Å². The van der Waals surface area contributed by atoms with Gasteiger partial charge in [-0.25, -0.2) is 4.98 Å². The van der Waals surface area contributed by atoms with Crippen LogP contribution in [0.2, 0.25) is 5.02 Å². The lowest BCUT2D eigenvalue weighted by Gasteiger charge is -2.25. The molecule has 9 heteroatoms. The van der Waals surface area contributed by atoms with Gasteiger partial charge in [-0.2, -0.15) is 0 Å². The van der Waals surface area contributed by atoms with Crippen molar-refractivity contribution in [3.63, 3.8) is 0 Å². The van der Waals surface area contributed by atoms with Crippen LogP contribution in [-0.2, 0) is 10.5 Å². The van der Waals surface area contributed by atoms with Crippen LogP contribution in [0.15, 0.2) is 52.4 Å². The van der Waals surface area contributed by atoms with Crippen LogP contribution in [0.5, 0.6) is 11.5 Å². The maximum absolute atomic E-state index is 13.0. The number of amides is 1. The Balaban J connectivity index is 1.63. The number of rotatable bonds is 7. The molecule has 2 aromatic carbocycles. The van der Waals surface area contributed by atoms with E-state index in [1.807, 2.05) is 24.3 Å². The molecule has 1 amide bonds. The van der Waals surface area contributed by atoms with Crippen molar-refractivity contribution in [1.29, 1.82) is 0 Å². The third-order valence-electron chi connectivity index (χ3n) is 5.12. The fourth-order valence-electron chi connectivity index (χ4n) is 3.58. The first-order chi connectivity index (χ1) is 16.0. The lowest BCUT2D eigenvalue weighted by atomic mass is 9.86. The normalized spacial score (nSPS) is 14.7. The number of carbonyl (C=O) groups is 1. The van der Waals surface area contributed by atoms with E-state index in [0.717, 1.165) is 11.1 Å². The number of nitrogens with one attached hydrogen (secondary N) is 2. The fourth-order valence-corrected chi connectivity index (χ4v) is 4.52. The van der Waals surface area contributed by atoms with E-state index in [2.05, 4.69) is 21.2 Å². The zero-order chi connectivity index (χ0) is 23.4. The zero-order valence-electron chi connectivity index (χ0n) is 17.7. The molecule has 33 heavy (non-hydrogen) atoms. The second-order valence-corrected chi connectivity index (χ2v) is 8.66. The summed E-state index contributed by atoms with van der Waals surface area (Å²) in [4.78, 5) is 32.8. The quantitative estimate of drug-likeness (QED) is 0.298. The van der Waals surface area contributed by atoms with E-state index in [4.69, 9.17) is 27.5 Å². The van der Waals surface area contributed by atoms with E-state index < -0.39 is 5.92 Å². The molecule has 0 saturated heterocycles. The van der Waals surface area contributed by atoms with Gasteiger partial charge in [0.05, 0.1) is 12.7 Å². The van der Waals surface area contributed by atoms with Crippen LogP contribution in [0.1, 0.15) is 29.0 Å². The first-order valence-corrected chi connectivity index (χ1v) is 11.4. The highest BCUT2D eigenvalue weighted by molar-refractivity contribution is 7.98. The monoisotopic (exact) mass is 481 g/mol. The number of H-pyrrole nitrogens is 1. The van der Waals surface area contributed by atoms with Crippen LogP contribution in [0.3, 0.4) is 0 Å². The molecule has 0 radical (unpaired) electrons. The summed E-state index contributed by atoms with van der Waals surface area (Å²) in [7, 11) is 1.52. The highest BCUT2D eigenvalue weighted by atomic mass is 35.5. The van der Waals surface area contributed by atoms with Gasteiger partial charge in [-0.15, -0.1) is 6.42 Å². The number of nitrogens with zero attached hydrogens (tertiary/aromatic N) is 1. The molecule has 0 aliphatic carbocycles. The van der Waals surface area contributed by atoms with Crippen molar-refractivity contribution in [1.82, 2.24) is 9.97 Å². The summed E-state index contributed by atoms with van der Waals surface area (Å²) in [6, 6.07) is 12.7. The van der Waals surface area contributed by atoms with E-state index in [1.54, 1.807) is 18.2 Å². The summed E-state index contributed by atoms with van der Waals surface area (Å²) in [6.45, 7) is 0.102. The van der Waals surface area contributed by atoms with E-state index in [1.165, 1.54) is 18.9 Å². The minimum atomic E-state index is -0.476. The molecule has 4 rings (SSSR count). The third kappa shape index (κ3) is 5.16. The first-order valence-electron chi connectivity index (χ1n) is 10.0. The molecule has 2 N–H and O–H groups in total. The van der Waals surface area contributed by atoms with Crippen molar-refractivity contribution >= 4 is 35.1 Å². The van der Waals surface area contributed by atoms with Gasteiger partial charge in [0.2, 0.25) is 5.91 Å². The van der Waals surface area contributed by atoms with Crippen LogP contribution in [0.4, 0.5) is 5.82 Å². The van der Waals surface area contributed by atoms with Gasteiger partial charge in [-0.1, -0.05) is 47.5 Å². The van der Waals surface area contributed by atoms with Gasteiger partial charge in [0.15, 0.2) is 16.7 Å². The Labute approximate surface area is 199 Å². The molecule has 0 unspecified atom stereocenters. The van der Waals surface area contributed by atoms with E-state index in [9.17, 15) is 9.59 Å². The van der Waals surface area contributed by atoms with Gasteiger partial charge in [0.25, 0.3) is 5.56 Å². The Hall–Kier alpha value is -3.41. The Bertz CT molecular complexity index is 1280. The maximum Gasteiger partial charge on any atom is 0.257 e. The highest BCUT2D eigenvalue weighted by Gasteiger charge is 2.31. The molecular weight excluding hydrogens is 462 g/mol. The predicted molar refractivity (Wildman–Crippen MR) is 128 cm³/mol. The molecule has 1 aromatic heterocycles. The van der Waals surface area contributed by atoms with Gasteiger partial charge < -0.3 is 19.8 Å². The Kier molecular flexibility index (Phi) is 6.92. The molecule has 0 fully saturated rings. The van der Waals surface area contributed by atoms with Crippen molar-refractivity contribution in [3.05, 3.63) is 74.5 Å². The van der Waals surface area contributed by atoms with Crippen LogP contribution in [-0.4, -0.2) is 29.6 Å².